The van der Waals surface area contributed by atoms with Gasteiger partial charge in [0.15, 0.2) is 0 Å². The smallest absolute Gasteiger partial charge is 0.246 e. The molecule has 0 radical (unpaired) electrons. The summed E-state index contributed by atoms with van der Waals surface area (Å²) in [6.07, 6.45) is 0.800. The van der Waals surface area contributed by atoms with Gasteiger partial charge in [-0.15, -0.1) is 0 Å². The van der Waals surface area contributed by atoms with Crippen LogP contribution < -0.4 is 16.0 Å². The zero-order chi connectivity index (χ0) is 13.1. The van der Waals surface area contributed by atoms with Gasteiger partial charge in [-0.2, -0.15) is 0 Å². The van der Waals surface area contributed by atoms with Crippen molar-refractivity contribution >= 4 is 17.5 Å². The van der Waals surface area contributed by atoms with Crippen LogP contribution in [0.25, 0.3) is 0 Å². The number of rotatable bonds is 3. The van der Waals surface area contributed by atoms with Crippen LogP contribution in [0.2, 0.25) is 0 Å². The molecule has 0 aromatic heterocycles. The molecule has 0 saturated carbocycles. The molecule has 1 aliphatic heterocycles. The number of piperazine rings is 1. The number of hydrogen-bond donors (Lipinski definition) is 2. The average molecular weight is 247 g/mol. The van der Waals surface area contributed by atoms with E-state index in [1.165, 1.54) is 4.90 Å². The Bertz CT molecular complexity index is 454. The molecule has 1 aliphatic rings. The highest BCUT2D eigenvalue weighted by molar-refractivity contribution is 6.04. The zero-order valence-electron chi connectivity index (χ0n) is 10.3. The van der Waals surface area contributed by atoms with E-state index in [1.54, 1.807) is 0 Å². The molecule has 5 nitrogen and oxygen atoms in total. The van der Waals surface area contributed by atoms with Gasteiger partial charge in [0.2, 0.25) is 11.8 Å². The van der Waals surface area contributed by atoms with Gasteiger partial charge in [0.05, 0.1) is 6.54 Å². The van der Waals surface area contributed by atoms with Crippen molar-refractivity contribution < 1.29 is 9.59 Å². The summed E-state index contributed by atoms with van der Waals surface area (Å²) in [5.74, 6) is -0.219. The van der Waals surface area contributed by atoms with Crippen molar-refractivity contribution in [2.24, 2.45) is 5.73 Å². The highest BCUT2D eigenvalue weighted by Gasteiger charge is 2.24. The van der Waals surface area contributed by atoms with Gasteiger partial charge in [-0.25, -0.2) is 0 Å². The summed E-state index contributed by atoms with van der Waals surface area (Å²) in [5, 5.41) is 2.52. The molecule has 1 heterocycles. The largest absolute Gasteiger partial charge is 0.345 e. The maximum absolute atomic E-state index is 11.7. The molecular weight excluding hydrogens is 230 g/mol. The standard InChI is InChI=1S/C13H17N3O2/c1-9(14)6-10-2-4-11(5-3-10)16-8-12(17)15-7-13(16)18/h2-5,9H,6-8,14H2,1H3,(H,15,17). The number of anilines is 1. The van der Waals surface area contributed by atoms with Crippen molar-refractivity contribution in [2.45, 2.75) is 19.4 Å². The quantitative estimate of drug-likeness (QED) is 0.792. The summed E-state index contributed by atoms with van der Waals surface area (Å²) in [7, 11) is 0. The summed E-state index contributed by atoms with van der Waals surface area (Å²) in [6, 6.07) is 7.71. The van der Waals surface area contributed by atoms with E-state index in [1.807, 2.05) is 31.2 Å². The van der Waals surface area contributed by atoms with E-state index in [9.17, 15) is 9.59 Å². The van der Waals surface area contributed by atoms with Gasteiger partial charge in [0.25, 0.3) is 0 Å². The van der Waals surface area contributed by atoms with E-state index < -0.39 is 0 Å². The molecule has 0 aliphatic carbocycles. The Hall–Kier alpha value is -1.88. The van der Waals surface area contributed by atoms with Gasteiger partial charge in [-0.05, 0) is 31.0 Å². The summed E-state index contributed by atoms with van der Waals surface area (Å²) in [6.45, 7) is 2.11. The summed E-state index contributed by atoms with van der Waals surface area (Å²) in [4.78, 5) is 24.5. The summed E-state index contributed by atoms with van der Waals surface area (Å²) < 4.78 is 0. The van der Waals surface area contributed by atoms with Crippen molar-refractivity contribution in [3.05, 3.63) is 29.8 Å². The van der Waals surface area contributed by atoms with E-state index >= 15 is 0 Å². The third-order valence-electron chi connectivity index (χ3n) is 2.85. The van der Waals surface area contributed by atoms with Crippen LogP contribution in [0.4, 0.5) is 5.69 Å². The Morgan fingerprint density at radius 1 is 1.33 bits per heavy atom. The predicted molar refractivity (Wildman–Crippen MR) is 69.2 cm³/mol. The van der Waals surface area contributed by atoms with Gasteiger partial charge < -0.3 is 16.0 Å². The molecule has 1 atom stereocenters. The lowest BCUT2D eigenvalue weighted by atomic mass is 10.1. The molecule has 1 unspecified atom stereocenters. The third-order valence-corrected chi connectivity index (χ3v) is 2.85. The molecule has 18 heavy (non-hydrogen) atoms. The van der Waals surface area contributed by atoms with Crippen LogP contribution in [0.3, 0.4) is 0 Å². The van der Waals surface area contributed by atoms with E-state index in [0.29, 0.717) is 0 Å². The number of nitrogens with zero attached hydrogens (tertiary/aromatic N) is 1. The van der Waals surface area contributed by atoms with Crippen LogP contribution in [0.1, 0.15) is 12.5 Å². The van der Waals surface area contributed by atoms with Crippen LogP contribution in [-0.4, -0.2) is 30.9 Å². The number of amides is 2. The van der Waals surface area contributed by atoms with Crippen LogP contribution in [0, 0.1) is 0 Å². The maximum atomic E-state index is 11.7. The average Bonchev–Trinajstić information content (AvgIpc) is 2.33. The van der Waals surface area contributed by atoms with Crippen molar-refractivity contribution in [1.29, 1.82) is 0 Å². The van der Waals surface area contributed by atoms with Gasteiger partial charge in [0.1, 0.15) is 6.54 Å². The number of benzene rings is 1. The normalized spacial score (nSPS) is 17.6. The highest BCUT2D eigenvalue weighted by Crippen LogP contribution is 2.17. The summed E-state index contributed by atoms with van der Waals surface area (Å²) >= 11 is 0. The minimum Gasteiger partial charge on any atom is -0.345 e. The Labute approximate surface area is 106 Å². The molecule has 3 N–H and O–H groups in total. The second-order valence-corrected chi connectivity index (χ2v) is 4.60. The minimum atomic E-state index is -0.130. The molecule has 0 spiro atoms. The first kappa shape index (κ1) is 12.6. The SMILES string of the molecule is CC(N)Cc1ccc(N2CC(=O)NCC2=O)cc1. The van der Waals surface area contributed by atoms with Gasteiger partial charge in [0, 0.05) is 11.7 Å². The first-order valence-electron chi connectivity index (χ1n) is 5.98. The summed E-state index contributed by atoms with van der Waals surface area (Å²) in [5.41, 5.74) is 7.61. The minimum absolute atomic E-state index is 0.0699. The number of nitrogens with two attached hydrogens (primary N) is 1. The molecule has 1 aromatic rings. The topological polar surface area (TPSA) is 75.4 Å². The number of carbonyl (C=O) groups excluding carboxylic acids is 2. The van der Waals surface area contributed by atoms with Crippen molar-refractivity contribution in [3.8, 4) is 0 Å². The molecule has 1 saturated heterocycles. The molecule has 2 rings (SSSR count). The fraction of sp³-hybridized carbons (Fsp3) is 0.385. The zero-order valence-corrected chi connectivity index (χ0v) is 10.3. The molecule has 5 heteroatoms. The first-order valence-corrected chi connectivity index (χ1v) is 5.98. The van der Waals surface area contributed by atoms with Gasteiger partial charge in [-0.3, -0.25) is 9.59 Å². The van der Waals surface area contributed by atoms with E-state index in [-0.39, 0.29) is 30.9 Å². The molecule has 1 fully saturated rings. The van der Waals surface area contributed by atoms with Crippen molar-refractivity contribution in [1.82, 2.24) is 5.32 Å². The molecular formula is C13H17N3O2. The first-order chi connectivity index (χ1) is 8.56. The second-order valence-electron chi connectivity index (χ2n) is 4.60. The second kappa shape index (κ2) is 5.18. The van der Waals surface area contributed by atoms with Crippen molar-refractivity contribution in [3.63, 3.8) is 0 Å². The molecule has 0 bridgehead atoms. The Balaban J connectivity index is 2.13. The predicted octanol–water partition coefficient (Wildman–Crippen LogP) is 0.0391. The lowest BCUT2D eigenvalue weighted by molar-refractivity contribution is -0.128. The van der Waals surface area contributed by atoms with Crippen LogP contribution in [-0.2, 0) is 16.0 Å². The van der Waals surface area contributed by atoms with Crippen LogP contribution in [0.5, 0.6) is 0 Å². The monoisotopic (exact) mass is 247 g/mol. The lowest BCUT2D eigenvalue weighted by Crippen LogP contribution is -2.51. The van der Waals surface area contributed by atoms with Crippen LogP contribution >= 0.6 is 0 Å². The number of carbonyl (C=O) groups is 2. The van der Waals surface area contributed by atoms with Gasteiger partial charge >= 0.3 is 0 Å². The molecule has 96 valence electrons. The Morgan fingerprint density at radius 3 is 2.61 bits per heavy atom. The third kappa shape index (κ3) is 2.87. The van der Waals surface area contributed by atoms with E-state index in [0.717, 1.165) is 17.7 Å². The van der Waals surface area contributed by atoms with E-state index in [2.05, 4.69) is 5.32 Å². The Morgan fingerprint density at radius 2 is 2.00 bits per heavy atom. The van der Waals surface area contributed by atoms with Crippen LogP contribution in [0.15, 0.2) is 24.3 Å². The molecule has 1 aromatic carbocycles. The molecule has 2 amide bonds. The fourth-order valence-corrected chi connectivity index (χ4v) is 1.98. The number of nitrogens with one attached hydrogen (secondary N) is 1. The maximum Gasteiger partial charge on any atom is 0.246 e. The lowest BCUT2D eigenvalue weighted by Gasteiger charge is -2.26. The number of hydrogen-bond acceptors (Lipinski definition) is 3. The van der Waals surface area contributed by atoms with Crippen molar-refractivity contribution in [2.75, 3.05) is 18.0 Å². The highest BCUT2D eigenvalue weighted by atomic mass is 16.2. The Kier molecular flexibility index (Phi) is 3.62. The fourth-order valence-electron chi connectivity index (χ4n) is 1.98. The van der Waals surface area contributed by atoms with E-state index in [4.69, 9.17) is 5.73 Å². The van der Waals surface area contributed by atoms with Gasteiger partial charge in [-0.1, -0.05) is 12.1 Å².